The number of esters is 1. The fourth-order valence-corrected chi connectivity index (χ4v) is 7.34. The second-order valence-corrected chi connectivity index (χ2v) is 14.6. The van der Waals surface area contributed by atoms with Gasteiger partial charge in [0.15, 0.2) is 0 Å². The minimum Gasteiger partial charge on any atom is -0.460 e. The molecule has 2 aliphatic rings. The van der Waals surface area contributed by atoms with Crippen LogP contribution in [0.1, 0.15) is 67.7 Å². The molecule has 2 aromatic rings. The minimum atomic E-state index is -4.68. The van der Waals surface area contributed by atoms with Gasteiger partial charge in [0.1, 0.15) is 25.4 Å². The number of para-hydroxylation sites is 1. The van der Waals surface area contributed by atoms with Crippen LogP contribution >= 0.6 is 7.82 Å². The number of hydrogen-bond donors (Lipinski definition) is 4. The first-order valence-electron chi connectivity index (χ1n) is 16.1. The lowest BCUT2D eigenvalue weighted by Gasteiger charge is -2.30. The third-order valence-electron chi connectivity index (χ3n) is 9.34. The standard InChI is InChI=1S/C36H48NO8P/c1-5-6-11-25(2)32(38)19-18-30-33(39)23-28-22-31-26(13-9-15-29(31)36(28)30)14-10-17-35(40)44-21-20-37(3,4)24-27-12-7-8-16-34(27)45-46(41,42)43/h7-9,12-13,15-16,18-19,25,28,30,32-33,36,38-39H,10-11,14,17,20-24H2,1-4H3,(H-,41,42,43)/p+1/b19-18+/t25?,28-,30-,32+,33+,36+/m0/s1. The average Bonchev–Trinajstić information content (AvgIpc) is 3.49. The van der Waals surface area contributed by atoms with Gasteiger partial charge in [0.25, 0.3) is 0 Å². The van der Waals surface area contributed by atoms with E-state index in [0.29, 0.717) is 48.3 Å². The van der Waals surface area contributed by atoms with E-state index in [1.165, 1.54) is 22.8 Å². The molecule has 0 aromatic heterocycles. The lowest BCUT2D eigenvalue weighted by atomic mass is 9.86. The van der Waals surface area contributed by atoms with E-state index < -0.39 is 20.0 Å². The highest BCUT2D eigenvalue weighted by Crippen LogP contribution is 2.53. The van der Waals surface area contributed by atoms with E-state index in [-0.39, 0.29) is 36.1 Å². The predicted octanol–water partition coefficient (Wildman–Crippen LogP) is 4.90. The molecule has 0 saturated heterocycles. The summed E-state index contributed by atoms with van der Waals surface area (Å²) in [6.45, 7) is 4.98. The third-order valence-corrected chi connectivity index (χ3v) is 9.77. The number of hydrogen-bond acceptors (Lipinski definition) is 6. The number of benzene rings is 2. The Morgan fingerprint density at radius 3 is 2.63 bits per heavy atom. The van der Waals surface area contributed by atoms with Gasteiger partial charge in [0, 0.05) is 24.3 Å². The Labute approximate surface area is 273 Å². The molecule has 6 atom stereocenters. The smallest absolute Gasteiger partial charge is 0.460 e. The van der Waals surface area contributed by atoms with Gasteiger partial charge in [0.05, 0.1) is 26.3 Å². The molecule has 4 rings (SSSR count). The van der Waals surface area contributed by atoms with Crippen molar-refractivity contribution in [2.75, 3.05) is 27.2 Å². The molecule has 2 aliphatic carbocycles. The van der Waals surface area contributed by atoms with Crippen molar-refractivity contribution in [3.8, 4) is 17.6 Å². The summed E-state index contributed by atoms with van der Waals surface area (Å²) in [6.07, 6.45) is 6.87. The van der Waals surface area contributed by atoms with Crippen molar-refractivity contribution in [2.24, 2.45) is 17.8 Å². The van der Waals surface area contributed by atoms with Gasteiger partial charge in [-0.15, -0.1) is 11.8 Å². The fraction of sp³-hybridized carbons (Fsp3) is 0.528. The zero-order valence-corrected chi connectivity index (χ0v) is 28.2. The molecular weight excluding hydrogens is 605 g/mol. The molecule has 10 heteroatoms. The monoisotopic (exact) mass is 654 g/mol. The Kier molecular flexibility index (Phi) is 12.3. The normalized spacial score (nSPS) is 22.1. The number of aliphatic hydroxyl groups is 2. The zero-order valence-electron chi connectivity index (χ0n) is 27.3. The van der Waals surface area contributed by atoms with E-state index in [2.05, 4.69) is 30.0 Å². The number of phosphoric ester groups is 1. The topological polar surface area (TPSA) is 134 Å². The Morgan fingerprint density at radius 2 is 1.89 bits per heavy atom. The van der Waals surface area contributed by atoms with Gasteiger partial charge in [0.2, 0.25) is 0 Å². The van der Waals surface area contributed by atoms with Crippen LogP contribution in [0.2, 0.25) is 0 Å². The van der Waals surface area contributed by atoms with Crippen molar-refractivity contribution in [3.63, 3.8) is 0 Å². The highest BCUT2D eigenvalue weighted by Gasteiger charge is 2.46. The number of likely N-dealkylation sites (N-methyl/N-ethyl adjacent to an activating group) is 1. The molecule has 250 valence electrons. The summed E-state index contributed by atoms with van der Waals surface area (Å²) in [5.74, 6) is 6.38. The van der Waals surface area contributed by atoms with E-state index in [1.807, 2.05) is 33.2 Å². The van der Waals surface area contributed by atoms with Crippen LogP contribution in [0.25, 0.3) is 0 Å². The van der Waals surface area contributed by atoms with Crippen molar-refractivity contribution < 1.29 is 43.1 Å². The summed E-state index contributed by atoms with van der Waals surface area (Å²) < 4.78 is 22.2. The molecule has 0 aliphatic heterocycles. The van der Waals surface area contributed by atoms with Crippen molar-refractivity contribution >= 4 is 13.8 Å². The maximum atomic E-state index is 12.6. The molecule has 0 spiro atoms. The number of aryl methyl sites for hydroxylation is 1. The summed E-state index contributed by atoms with van der Waals surface area (Å²) in [5, 5.41) is 21.5. The second-order valence-electron chi connectivity index (χ2n) is 13.4. The van der Waals surface area contributed by atoms with Crippen molar-refractivity contribution in [3.05, 3.63) is 76.9 Å². The second kappa shape index (κ2) is 15.8. The quantitative estimate of drug-likeness (QED) is 0.0701. The predicted molar refractivity (Wildman–Crippen MR) is 177 cm³/mol. The molecule has 4 N–H and O–H groups in total. The number of phosphoric acid groups is 1. The van der Waals surface area contributed by atoms with Crippen LogP contribution in [0.15, 0.2) is 54.6 Å². The minimum absolute atomic E-state index is 0.0261. The highest BCUT2D eigenvalue weighted by molar-refractivity contribution is 7.46. The fourth-order valence-electron chi connectivity index (χ4n) is 6.91. The number of nitrogens with zero attached hydrogens (tertiary/aromatic N) is 1. The molecule has 9 nitrogen and oxygen atoms in total. The maximum Gasteiger partial charge on any atom is 0.524 e. The van der Waals surface area contributed by atoms with E-state index in [9.17, 15) is 29.4 Å². The molecule has 1 saturated carbocycles. The lowest BCUT2D eigenvalue weighted by Crippen LogP contribution is -2.41. The summed E-state index contributed by atoms with van der Waals surface area (Å²) in [6, 6.07) is 13.1. The SMILES string of the molecule is CC#CCC(C)[C@H](O)/C=C/[C@@H]1[C@H]2c3cccc(CCCC(=O)OCC[N+](C)(C)Cc4ccccc4OP(=O)(O)O)c3C[C@H]2C[C@H]1O. The average molecular weight is 655 g/mol. The number of carbonyl (C=O) groups is 1. The number of rotatable bonds is 15. The van der Waals surface area contributed by atoms with Crippen LogP contribution in [-0.4, -0.2) is 69.9 Å². The lowest BCUT2D eigenvalue weighted by molar-refractivity contribution is -0.903. The van der Waals surface area contributed by atoms with Gasteiger partial charge >= 0.3 is 13.8 Å². The summed E-state index contributed by atoms with van der Waals surface area (Å²) >= 11 is 0. The Hall–Kier alpha value is -2.96. The van der Waals surface area contributed by atoms with E-state index >= 15 is 0 Å². The van der Waals surface area contributed by atoms with Crippen LogP contribution in [0.3, 0.4) is 0 Å². The van der Waals surface area contributed by atoms with Crippen LogP contribution in [0, 0.1) is 29.6 Å². The van der Waals surface area contributed by atoms with Gasteiger partial charge < -0.3 is 24.0 Å². The van der Waals surface area contributed by atoms with Gasteiger partial charge in [-0.25, -0.2) is 4.57 Å². The van der Waals surface area contributed by atoms with Gasteiger partial charge in [-0.1, -0.05) is 49.4 Å². The van der Waals surface area contributed by atoms with Crippen molar-refractivity contribution in [1.82, 2.24) is 0 Å². The number of aliphatic hydroxyl groups excluding tert-OH is 2. The largest absolute Gasteiger partial charge is 0.524 e. The number of ether oxygens (including phenoxy) is 1. The molecule has 2 aromatic carbocycles. The van der Waals surface area contributed by atoms with Crippen LogP contribution in [0.5, 0.6) is 5.75 Å². The summed E-state index contributed by atoms with van der Waals surface area (Å²) in [5.41, 5.74) is 4.52. The van der Waals surface area contributed by atoms with Gasteiger partial charge in [-0.2, -0.15) is 0 Å². The first-order valence-corrected chi connectivity index (χ1v) is 17.7. The van der Waals surface area contributed by atoms with Crippen molar-refractivity contribution in [2.45, 2.75) is 77.0 Å². The summed E-state index contributed by atoms with van der Waals surface area (Å²) in [4.78, 5) is 31.0. The molecule has 0 radical (unpaired) electrons. The summed E-state index contributed by atoms with van der Waals surface area (Å²) in [7, 11) is -0.763. The number of fused-ring (bicyclic) bond motifs is 3. The maximum absolute atomic E-state index is 12.6. The molecule has 0 amide bonds. The molecule has 0 bridgehead atoms. The number of carbonyl (C=O) groups excluding carboxylic acids is 1. The van der Waals surface area contributed by atoms with Gasteiger partial charge in [-0.05, 0) is 79.2 Å². The first-order chi connectivity index (χ1) is 21.8. The van der Waals surface area contributed by atoms with Gasteiger partial charge in [-0.3, -0.25) is 14.6 Å². The van der Waals surface area contributed by atoms with Crippen LogP contribution in [-0.2, 0) is 33.5 Å². The highest BCUT2D eigenvalue weighted by atomic mass is 31.2. The van der Waals surface area contributed by atoms with Crippen LogP contribution < -0.4 is 4.52 Å². The number of quaternary nitrogens is 1. The Balaban J connectivity index is 1.27. The van der Waals surface area contributed by atoms with Crippen LogP contribution in [0.4, 0.5) is 0 Å². The zero-order chi connectivity index (χ0) is 33.5. The first kappa shape index (κ1) is 35.9. The molecular formula is C36H49NO8P+. The van der Waals surface area contributed by atoms with E-state index in [1.54, 1.807) is 25.1 Å². The molecule has 0 heterocycles. The third kappa shape index (κ3) is 9.78. The van der Waals surface area contributed by atoms with Crippen molar-refractivity contribution in [1.29, 1.82) is 0 Å². The molecule has 1 unspecified atom stereocenters. The molecule has 46 heavy (non-hydrogen) atoms. The Morgan fingerprint density at radius 1 is 1.15 bits per heavy atom. The Bertz CT molecular complexity index is 1490. The molecule has 1 fully saturated rings. The van der Waals surface area contributed by atoms with E-state index in [4.69, 9.17) is 9.26 Å². The van der Waals surface area contributed by atoms with E-state index in [0.717, 1.165) is 19.3 Å².